The Balaban J connectivity index is 0.000000312. The second kappa shape index (κ2) is 6.53. The topological polar surface area (TPSA) is 85.2 Å². The molecule has 0 aromatic heterocycles. The summed E-state index contributed by atoms with van der Waals surface area (Å²) in [6.45, 7) is 0.864. The van der Waals surface area contributed by atoms with Crippen LogP contribution in [0.1, 0.15) is 11.1 Å². The fourth-order valence-corrected chi connectivity index (χ4v) is 1.62. The van der Waals surface area contributed by atoms with Gasteiger partial charge in [-0.2, -0.15) is 8.42 Å². The standard InChI is InChI=1S/C11H13NO2.CH4O3S/c1-13-10-5-8-3-4-12-7-9(8)6-11(10)14-2;1-5(2,3)4/h5-7H,3-4H2,1-2H3;1H3,(H,2,3,4). The summed E-state index contributed by atoms with van der Waals surface area (Å²) in [6.07, 6.45) is 3.58. The number of nitrogens with zero attached hydrogens (tertiary/aromatic N) is 1. The van der Waals surface area contributed by atoms with Crippen molar-refractivity contribution >= 4 is 16.3 Å². The van der Waals surface area contributed by atoms with Crippen LogP contribution in [-0.2, 0) is 16.5 Å². The summed E-state index contributed by atoms with van der Waals surface area (Å²) in [5.74, 6) is 1.56. The lowest BCUT2D eigenvalue weighted by molar-refractivity contribution is 0.354. The molecular weight excluding hydrogens is 270 g/mol. The maximum absolute atomic E-state index is 9.19. The second-order valence-electron chi connectivity index (χ2n) is 3.92. The lowest BCUT2D eigenvalue weighted by Gasteiger charge is -2.14. The number of aliphatic imine (C=N–C) groups is 1. The summed E-state index contributed by atoms with van der Waals surface area (Å²) in [6, 6.07) is 4.00. The zero-order valence-electron chi connectivity index (χ0n) is 11.1. The molecular formula is C12H17NO5S. The summed E-state index contributed by atoms with van der Waals surface area (Å²) >= 11 is 0. The Morgan fingerprint density at radius 3 is 2.26 bits per heavy atom. The Morgan fingerprint density at radius 1 is 1.21 bits per heavy atom. The highest BCUT2D eigenvalue weighted by Gasteiger charge is 2.11. The molecule has 0 spiro atoms. The van der Waals surface area contributed by atoms with Crippen molar-refractivity contribution < 1.29 is 22.4 Å². The van der Waals surface area contributed by atoms with Crippen molar-refractivity contribution in [2.24, 2.45) is 4.99 Å². The minimum atomic E-state index is -3.67. The monoisotopic (exact) mass is 287 g/mol. The first-order valence-electron chi connectivity index (χ1n) is 5.52. The van der Waals surface area contributed by atoms with E-state index in [-0.39, 0.29) is 0 Å². The predicted octanol–water partition coefficient (Wildman–Crippen LogP) is 1.18. The van der Waals surface area contributed by atoms with Crippen molar-refractivity contribution in [2.75, 3.05) is 27.0 Å². The highest BCUT2D eigenvalue weighted by molar-refractivity contribution is 7.85. The third kappa shape index (κ3) is 5.27. The van der Waals surface area contributed by atoms with Gasteiger partial charge in [0.15, 0.2) is 11.5 Å². The van der Waals surface area contributed by atoms with Crippen LogP contribution in [0.4, 0.5) is 0 Å². The van der Waals surface area contributed by atoms with E-state index in [0.717, 1.165) is 30.0 Å². The Morgan fingerprint density at radius 2 is 1.74 bits per heavy atom. The average Bonchev–Trinajstić information content (AvgIpc) is 2.35. The molecule has 0 atom stereocenters. The number of hydrogen-bond acceptors (Lipinski definition) is 5. The van der Waals surface area contributed by atoms with Crippen molar-refractivity contribution in [3.8, 4) is 11.5 Å². The molecule has 0 saturated heterocycles. The van der Waals surface area contributed by atoms with Crippen LogP contribution in [0.5, 0.6) is 11.5 Å². The van der Waals surface area contributed by atoms with Crippen LogP contribution >= 0.6 is 0 Å². The van der Waals surface area contributed by atoms with Crippen LogP contribution < -0.4 is 9.47 Å². The lowest BCUT2D eigenvalue weighted by atomic mass is 10.0. The maximum Gasteiger partial charge on any atom is 0.261 e. The van der Waals surface area contributed by atoms with Gasteiger partial charge in [0.05, 0.1) is 20.5 Å². The van der Waals surface area contributed by atoms with Gasteiger partial charge in [0.25, 0.3) is 10.1 Å². The Bertz CT molecular complexity index is 558. The van der Waals surface area contributed by atoms with E-state index in [1.165, 1.54) is 5.56 Å². The number of benzene rings is 1. The fraction of sp³-hybridized carbons (Fsp3) is 0.417. The number of hydrogen-bond donors (Lipinski definition) is 1. The SMILES string of the molecule is COc1cc2c(cc1OC)CCN=C2.CS(=O)(=O)O. The van der Waals surface area contributed by atoms with Gasteiger partial charge in [0.1, 0.15) is 0 Å². The average molecular weight is 287 g/mol. The number of rotatable bonds is 2. The molecule has 0 saturated carbocycles. The Labute approximate surface area is 112 Å². The van der Waals surface area contributed by atoms with Gasteiger partial charge in [-0.05, 0) is 29.7 Å². The smallest absolute Gasteiger partial charge is 0.261 e. The van der Waals surface area contributed by atoms with Crippen molar-refractivity contribution in [3.05, 3.63) is 23.3 Å². The molecule has 0 unspecified atom stereocenters. The quantitative estimate of drug-likeness (QED) is 0.826. The van der Waals surface area contributed by atoms with E-state index in [4.69, 9.17) is 14.0 Å². The molecule has 0 aliphatic carbocycles. The minimum absolute atomic E-state index is 0.715. The number of methoxy groups -OCH3 is 2. The molecule has 0 fully saturated rings. The van der Waals surface area contributed by atoms with E-state index in [1.54, 1.807) is 14.2 Å². The van der Waals surface area contributed by atoms with E-state index in [9.17, 15) is 8.42 Å². The normalized spacial score (nSPS) is 13.1. The van der Waals surface area contributed by atoms with Crippen molar-refractivity contribution in [3.63, 3.8) is 0 Å². The molecule has 0 amide bonds. The Kier molecular flexibility index (Phi) is 5.31. The van der Waals surface area contributed by atoms with Gasteiger partial charge in [-0.1, -0.05) is 0 Å². The number of fused-ring (bicyclic) bond motifs is 1. The third-order valence-corrected chi connectivity index (χ3v) is 2.39. The highest BCUT2D eigenvalue weighted by Crippen LogP contribution is 2.30. The van der Waals surface area contributed by atoms with Gasteiger partial charge in [0.2, 0.25) is 0 Å². The largest absolute Gasteiger partial charge is 0.493 e. The third-order valence-electron chi connectivity index (χ3n) is 2.39. The van der Waals surface area contributed by atoms with Crippen LogP contribution in [0, 0.1) is 0 Å². The van der Waals surface area contributed by atoms with E-state index >= 15 is 0 Å². The van der Waals surface area contributed by atoms with Crippen molar-refractivity contribution in [2.45, 2.75) is 6.42 Å². The zero-order chi connectivity index (χ0) is 14.5. The van der Waals surface area contributed by atoms with Gasteiger partial charge in [-0.3, -0.25) is 9.55 Å². The van der Waals surface area contributed by atoms with E-state index in [1.807, 2.05) is 18.3 Å². The second-order valence-corrected chi connectivity index (χ2v) is 5.39. The first kappa shape index (κ1) is 15.5. The van der Waals surface area contributed by atoms with E-state index in [0.29, 0.717) is 6.26 Å². The zero-order valence-corrected chi connectivity index (χ0v) is 11.9. The molecule has 7 heteroatoms. The van der Waals surface area contributed by atoms with Crippen molar-refractivity contribution in [1.29, 1.82) is 0 Å². The molecule has 6 nitrogen and oxygen atoms in total. The molecule has 1 N–H and O–H groups in total. The minimum Gasteiger partial charge on any atom is -0.493 e. The predicted molar refractivity (Wildman–Crippen MR) is 73.2 cm³/mol. The molecule has 19 heavy (non-hydrogen) atoms. The van der Waals surface area contributed by atoms with Crippen LogP contribution in [0.25, 0.3) is 0 Å². The lowest BCUT2D eigenvalue weighted by Crippen LogP contribution is -2.04. The van der Waals surface area contributed by atoms with Crippen LogP contribution in [0.15, 0.2) is 17.1 Å². The van der Waals surface area contributed by atoms with Crippen LogP contribution in [0.3, 0.4) is 0 Å². The van der Waals surface area contributed by atoms with Gasteiger partial charge in [-0.15, -0.1) is 0 Å². The van der Waals surface area contributed by atoms with E-state index in [2.05, 4.69) is 4.99 Å². The fourth-order valence-electron chi connectivity index (χ4n) is 1.62. The summed E-state index contributed by atoms with van der Waals surface area (Å²) < 4.78 is 36.3. The number of ether oxygens (including phenoxy) is 2. The molecule has 0 bridgehead atoms. The summed E-state index contributed by atoms with van der Waals surface area (Å²) in [5, 5.41) is 0. The van der Waals surface area contributed by atoms with Gasteiger partial charge < -0.3 is 9.47 Å². The van der Waals surface area contributed by atoms with Crippen LogP contribution in [-0.4, -0.2) is 46.2 Å². The van der Waals surface area contributed by atoms with Gasteiger partial charge >= 0.3 is 0 Å². The highest BCUT2D eigenvalue weighted by atomic mass is 32.2. The maximum atomic E-state index is 9.19. The molecule has 106 valence electrons. The molecule has 1 aliphatic heterocycles. The molecule has 1 heterocycles. The van der Waals surface area contributed by atoms with Crippen LogP contribution in [0.2, 0.25) is 0 Å². The Hall–Kier alpha value is -1.60. The van der Waals surface area contributed by atoms with Gasteiger partial charge in [-0.25, -0.2) is 0 Å². The first-order chi connectivity index (χ1) is 8.85. The van der Waals surface area contributed by atoms with E-state index < -0.39 is 10.1 Å². The summed E-state index contributed by atoms with van der Waals surface area (Å²) in [4.78, 5) is 4.23. The summed E-state index contributed by atoms with van der Waals surface area (Å²) in [7, 11) is -0.370. The molecule has 2 rings (SSSR count). The molecule has 1 aliphatic rings. The van der Waals surface area contributed by atoms with Gasteiger partial charge in [0, 0.05) is 12.8 Å². The molecule has 0 radical (unpaired) electrons. The summed E-state index contributed by atoms with van der Waals surface area (Å²) in [5.41, 5.74) is 2.41. The molecule has 1 aromatic carbocycles. The van der Waals surface area contributed by atoms with Crippen molar-refractivity contribution in [1.82, 2.24) is 0 Å². The first-order valence-corrected chi connectivity index (χ1v) is 7.37. The molecule has 1 aromatic rings.